The van der Waals surface area contributed by atoms with E-state index in [-0.39, 0.29) is 5.91 Å². The van der Waals surface area contributed by atoms with E-state index in [1.807, 2.05) is 67.5 Å². The zero-order chi connectivity index (χ0) is 18.1. The number of fused-ring (bicyclic) bond motifs is 2. The molecule has 4 rings (SSSR count). The van der Waals surface area contributed by atoms with Crippen molar-refractivity contribution in [2.75, 3.05) is 24.3 Å². The molecule has 3 aromatic rings. The molecule has 1 amide bonds. The first-order chi connectivity index (χ1) is 12.6. The number of carbonyl (C=O) groups is 1. The summed E-state index contributed by atoms with van der Waals surface area (Å²) >= 11 is 0. The van der Waals surface area contributed by atoms with Crippen molar-refractivity contribution in [1.29, 1.82) is 0 Å². The lowest BCUT2D eigenvalue weighted by Crippen LogP contribution is -2.19. The second kappa shape index (κ2) is 6.79. The molecular formula is C22H23N3O. The van der Waals surface area contributed by atoms with Gasteiger partial charge in [0.15, 0.2) is 0 Å². The van der Waals surface area contributed by atoms with Crippen molar-refractivity contribution in [2.45, 2.75) is 25.7 Å². The van der Waals surface area contributed by atoms with Gasteiger partial charge in [-0.25, -0.2) is 0 Å². The summed E-state index contributed by atoms with van der Waals surface area (Å²) in [4.78, 5) is 20.0. The zero-order valence-electron chi connectivity index (χ0n) is 15.2. The fourth-order valence-electron chi connectivity index (χ4n) is 3.67. The average Bonchev–Trinajstić information content (AvgIpc) is 2.66. The van der Waals surface area contributed by atoms with E-state index in [2.05, 4.69) is 5.32 Å². The molecule has 0 spiro atoms. The van der Waals surface area contributed by atoms with Gasteiger partial charge in [0.05, 0.1) is 11.1 Å². The summed E-state index contributed by atoms with van der Waals surface area (Å²) in [6.07, 6.45) is 4.14. The third-order valence-corrected chi connectivity index (χ3v) is 5.04. The number of anilines is 2. The maximum Gasteiger partial charge on any atom is 0.256 e. The van der Waals surface area contributed by atoms with Crippen LogP contribution in [0.25, 0.3) is 10.9 Å². The first-order valence-electron chi connectivity index (χ1n) is 9.13. The minimum atomic E-state index is -0.0423. The fraction of sp³-hybridized carbons (Fsp3) is 0.273. The molecule has 1 N–H and O–H groups in total. The molecule has 1 aliphatic rings. The average molecular weight is 345 g/mol. The molecule has 4 nitrogen and oxygen atoms in total. The largest absolute Gasteiger partial charge is 0.378 e. The van der Waals surface area contributed by atoms with Crippen molar-refractivity contribution in [3.63, 3.8) is 0 Å². The van der Waals surface area contributed by atoms with Crippen molar-refractivity contribution in [3.8, 4) is 0 Å². The number of carbonyl (C=O) groups excluding carboxylic acids is 1. The highest BCUT2D eigenvalue weighted by Gasteiger charge is 2.22. The van der Waals surface area contributed by atoms with Crippen molar-refractivity contribution < 1.29 is 4.79 Å². The number of pyridine rings is 1. The van der Waals surface area contributed by atoms with Gasteiger partial charge in [0, 0.05) is 36.6 Å². The summed E-state index contributed by atoms with van der Waals surface area (Å²) in [5.41, 5.74) is 5.82. The standard InChI is InChI=1S/C22H23N3O/c1-25(2)16-13-11-15(12-14-16)23-22(26)21-17-7-3-5-9-19(17)24-20-10-6-4-8-18(20)21/h3,5,7,9,11-14H,4,6,8,10H2,1-2H3,(H,23,26). The predicted octanol–water partition coefficient (Wildman–Crippen LogP) is 4.43. The normalized spacial score (nSPS) is 13.3. The topological polar surface area (TPSA) is 45.2 Å². The molecule has 1 aromatic heterocycles. The molecule has 0 saturated carbocycles. The molecule has 0 bridgehead atoms. The number of benzene rings is 2. The summed E-state index contributed by atoms with van der Waals surface area (Å²) in [6, 6.07) is 15.9. The van der Waals surface area contributed by atoms with Gasteiger partial charge in [0.25, 0.3) is 5.91 Å². The van der Waals surface area contributed by atoms with Gasteiger partial charge < -0.3 is 10.2 Å². The van der Waals surface area contributed by atoms with E-state index in [1.165, 1.54) is 0 Å². The maximum absolute atomic E-state index is 13.2. The lowest BCUT2D eigenvalue weighted by Gasteiger charge is -2.20. The molecule has 132 valence electrons. The Hall–Kier alpha value is -2.88. The third-order valence-electron chi connectivity index (χ3n) is 5.04. The van der Waals surface area contributed by atoms with E-state index in [9.17, 15) is 4.79 Å². The van der Waals surface area contributed by atoms with Gasteiger partial charge in [-0.3, -0.25) is 9.78 Å². The second-order valence-corrected chi connectivity index (χ2v) is 7.03. The van der Waals surface area contributed by atoms with Gasteiger partial charge in [-0.2, -0.15) is 0 Å². The third kappa shape index (κ3) is 3.03. The summed E-state index contributed by atoms with van der Waals surface area (Å²) in [7, 11) is 4.01. The predicted molar refractivity (Wildman–Crippen MR) is 107 cm³/mol. The van der Waals surface area contributed by atoms with Crippen molar-refractivity contribution in [2.24, 2.45) is 0 Å². The van der Waals surface area contributed by atoms with Crippen LogP contribution in [0.1, 0.15) is 34.5 Å². The van der Waals surface area contributed by atoms with Gasteiger partial charge in [-0.1, -0.05) is 18.2 Å². The Bertz CT molecular complexity index is 961. The number of nitrogens with one attached hydrogen (secondary N) is 1. The monoisotopic (exact) mass is 345 g/mol. The Morgan fingerprint density at radius 2 is 1.73 bits per heavy atom. The van der Waals surface area contributed by atoms with Crippen LogP contribution in [0.3, 0.4) is 0 Å². The molecular weight excluding hydrogens is 322 g/mol. The highest BCUT2D eigenvalue weighted by atomic mass is 16.1. The first kappa shape index (κ1) is 16.6. The van der Waals surface area contributed by atoms with Gasteiger partial charge in [-0.15, -0.1) is 0 Å². The van der Waals surface area contributed by atoms with Crippen LogP contribution in [0.4, 0.5) is 11.4 Å². The van der Waals surface area contributed by atoms with E-state index >= 15 is 0 Å². The highest BCUT2D eigenvalue weighted by molar-refractivity contribution is 6.13. The number of aryl methyl sites for hydroxylation is 1. The zero-order valence-corrected chi connectivity index (χ0v) is 15.2. The molecule has 0 radical (unpaired) electrons. The smallest absolute Gasteiger partial charge is 0.256 e. The van der Waals surface area contributed by atoms with Crippen molar-refractivity contribution >= 4 is 28.2 Å². The van der Waals surface area contributed by atoms with Crippen LogP contribution in [-0.4, -0.2) is 25.0 Å². The Balaban J connectivity index is 1.74. The van der Waals surface area contributed by atoms with Gasteiger partial charge in [0.1, 0.15) is 0 Å². The Morgan fingerprint density at radius 1 is 1.00 bits per heavy atom. The van der Waals surface area contributed by atoms with Crippen LogP contribution in [0.2, 0.25) is 0 Å². The van der Waals surface area contributed by atoms with Crippen molar-refractivity contribution in [3.05, 3.63) is 65.4 Å². The molecule has 0 unspecified atom stereocenters. The Labute approximate surface area is 153 Å². The minimum absolute atomic E-state index is 0.0423. The number of aromatic nitrogens is 1. The Kier molecular flexibility index (Phi) is 4.33. The second-order valence-electron chi connectivity index (χ2n) is 7.03. The van der Waals surface area contributed by atoms with E-state index in [0.29, 0.717) is 0 Å². The Morgan fingerprint density at radius 3 is 2.50 bits per heavy atom. The lowest BCUT2D eigenvalue weighted by atomic mass is 9.89. The number of nitrogens with zero attached hydrogens (tertiary/aromatic N) is 2. The quantitative estimate of drug-likeness (QED) is 0.764. The SMILES string of the molecule is CN(C)c1ccc(NC(=O)c2c3c(nc4ccccc24)CCCC3)cc1. The van der Waals surface area contributed by atoms with Crippen LogP contribution in [0, 0.1) is 0 Å². The molecule has 0 saturated heterocycles. The molecule has 2 aromatic carbocycles. The highest BCUT2D eigenvalue weighted by Crippen LogP contribution is 2.30. The summed E-state index contributed by atoms with van der Waals surface area (Å²) in [6.45, 7) is 0. The molecule has 0 fully saturated rings. The van der Waals surface area contributed by atoms with Crippen LogP contribution in [0.15, 0.2) is 48.5 Å². The molecule has 0 aliphatic heterocycles. The summed E-state index contributed by atoms with van der Waals surface area (Å²) in [5, 5.41) is 4.02. The van der Waals surface area contributed by atoms with E-state index in [4.69, 9.17) is 4.98 Å². The van der Waals surface area contributed by atoms with Crippen LogP contribution < -0.4 is 10.2 Å². The van der Waals surface area contributed by atoms with E-state index in [0.717, 1.165) is 64.8 Å². The first-order valence-corrected chi connectivity index (χ1v) is 9.13. The summed E-state index contributed by atoms with van der Waals surface area (Å²) in [5.74, 6) is -0.0423. The van der Waals surface area contributed by atoms with E-state index < -0.39 is 0 Å². The molecule has 1 aliphatic carbocycles. The van der Waals surface area contributed by atoms with Gasteiger partial charge >= 0.3 is 0 Å². The van der Waals surface area contributed by atoms with Crippen LogP contribution in [0.5, 0.6) is 0 Å². The molecule has 26 heavy (non-hydrogen) atoms. The van der Waals surface area contributed by atoms with Gasteiger partial charge in [-0.05, 0) is 61.6 Å². The maximum atomic E-state index is 13.2. The minimum Gasteiger partial charge on any atom is -0.378 e. The number of hydrogen-bond donors (Lipinski definition) is 1. The van der Waals surface area contributed by atoms with E-state index in [1.54, 1.807) is 0 Å². The number of para-hydroxylation sites is 1. The van der Waals surface area contributed by atoms with Gasteiger partial charge in [0.2, 0.25) is 0 Å². The molecule has 1 heterocycles. The van der Waals surface area contributed by atoms with Crippen LogP contribution >= 0.6 is 0 Å². The summed E-state index contributed by atoms with van der Waals surface area (Å²) < 4.78 is 0. The lowest BCUT2D eigenvalue weighted by molar-refractivity contribution is 0.102. The number of amides is 1. The molecule has 0 atom stereocenters. The number of hydrogen-bond acceptors (Lipinski definition) is 3. The van der Waals surface area contributed by atoms with Crippen molar-refractivity contribution in [1.82, 2.24) is 4.98 Å². The van der Waals surface area contributed by atoms with Crippen LogP contribution in [-0.2, 0) is 12.8 Å². The number of rotatable bonds is 3. The fourth-order valence-corrected chi connectivity index (χ4v) is 3.67. The molecule has 4 heteroatoms.